The van der Waals surface area contributed by atoms with Gasteiger partial charge < -0.3 is 4.98 Å². The summed E-state index contributed by atoms with van der Waals surface area (Å²) in [5.74, 6) is 1.61. The van der Waals surface area contributed by atoms with Crippen LogP contribution in [0, 0.1) is 17.1 Å². The molecule has 0 unspecified atom stereocenters. The van der Waals surface area contributed by atoms with Crippen LogP contribution in [0.2, 0.25) is 0 Å². The van der Waals surface area contributed by atoms with E-state index < -0.39 is 11.4 Å². The number of nitrogens with zero attached hydrogens (tertiary/aromatic N) is 8. The number of aromatic nitrogens is 8. The molecular weight excluding hydrogens is 437 g/mol. The molecule has 2 aliphatic rings. The predicted molar refractivity (Wildman–Crippen MR) is 117 cm³/mol. The lowest BCUT2D eigenvalue weighted by Gasteiger charge is -2.34. The largest absolute Gasteiger partial charge is 0.310 e. The van der Waals surface area contributed by atoms with Gasteiger partial charge in [-0.25, -0.2) is 34.0 Å². The molecule has 170 valence electrons. The maximum absolute atomic E-state index is 13.3. The topological polar surface area (TPSA) is 139 Å². The van der Waals surface area contributed by atoms with Gasteiger partial charge in [0.1, 0.15) is 28.9 Å². The number of hydrogen-bond donors (Lipinski definition) is 1. The lowest BCUT2D eigenvalue weighted by molar-refractivity contribution is 0.318. The van der Waals surface area contributed by atoms with Gasteiger partial charge in [0.15, 0.2) is 17.2 Å². The smallest absolute Gasteiger partial charge is 0.263 e. The summed E-state index contributed by atoms with van der Waals surface area (Å²) in [6.45, 7) is 1.91. The molecule has 34 heavy (non-hydrogen) atoms. The van der Waals surface area contributed by atoms with Crippen LogP contribution in [-0.2, 0) is 0 Å². The standard InChI is InChI=1S/C23H20FN9O/c1-11(13-7-26-19(27-8-13)12-2-3-12)33-22-18(17(6-25)32-33)23(34)31-21(30-22)16-5-4-15(16)20-28-9-14(24)10-29-20/h7-12,15-16H,2-5H2,1H3,(H,30,31,34)/t11-,15-,16-/m0/s1. The Morgan fingerprint density at radius 3 is 2.35 bits per heavy atom. The predicted octanol–water partition coefficient (Wildman–Crippen LogP) is 2.86. The van der Waals surface area contributed by atoms with Crippen LogP contribution < -0.4 is 5.56 Å². The number of H-pyrrole nitrogens is 1. The van der Waals surface area contributed by atoms with Crippen molar-refractivity contribution in [2.24, 2.45) is 0 Å². The van der Waals surface area contributed by atoms with Crippen LogP contribution >= 0.6 is 0 Å². The van der Waals surface area contributed by atoms with E-state index in [1.54, 1.807) is 17.1 Å². The molecule has 2 fully saturated rings. The van der Waals surface area contributed by atoms with Crippen LogP contribution in [0.25, 0.3) is 11.0 Å². The highest BCUT2D eigenvalue weighted by atomic mass is 19.1. The van der Waals surface area contributed by atoms with Crippen LogP contribution in [0.5, 0.6) is 0 Å². The lowest BCUT2D eigenvalue weighted by atomic mass is 9.72. The van der Waals surface area contributed by atoms with E-state index in [4.69, 9.17) is 4.98 Å². The average molecular weight is 457 g/mol. The zero-order valence-electron chi connectivity index (χ0n) is 18.3. The molecule has 3 atom stereocenters. The number of nitrogens with one attached hydrogen (secondary N) is 1. The Morgan fingerprint density at radius 1 is 1.06 bits per heavy atom. The van der Waals surface area contributed by atoms with Gasteiger partial charge in [-0.1, -0.05) is 0 Å². The summed E-state index contributed by atoms with van der Waals surface area (Å²) in [5.41, 5.74) is 0.744. The van der Waals surface area contributed by atoms with Gasteiger partial charge in [0, 0.05) is 35.7 Å². The van der Waals surface area contributed by atoms with E-state index in [2.05, 4.69) is 30.0 Å². The van der Waals surface area contributed by atoms with E-state index in [0.717, 1.165) is 49.5 Å². The first-order valence-corrected chi connectivity index (χ1v) is 11.2. The molecule has 0 bridgehead atoms. The molecule has 6 rings (SSSR count). The third-order valence-corrected chi connectivity index (χ3v) is 6.77. The normalized spacial score (nSPS) is 20.6. The van der Waals surface area contributed by atoms with Crippen molar-refractivity contribution >= 4 is 11.0 Å². The molecule has 2 saturated carbocycles. The highest BCUT2D eigenvalue weighted by Gasteiger charge is 2.38. The molecule has 1 N–H and O–H groups in total. The van der Waals surface area contributed by atoms with Crippen molar-refractivity contribution in [2.45, 2.75) is 56.4 Å². The van der Waals surface area contributed by atoms with E-state index in [1.165, 1.54) is 0 Å². The van der Waals surface area contributed by atoms with Gasteiger partial charge in [0.25, 0.3) is 5.56 Å². The number of fused-ring (bicyclic) bond motifs is 1. The van der Waals surface area contributed by atoms with Gasteiger partial charge in [-0.15, -0.1) is 0 Å². The summed E-state index contributed by atoms with van der Waals surface area (Å²) < 4.78 is 14.8. The molecule has 0 aliphatic heterocycles. The Bertz CT molecular complexity index is 1480. The Balaban J connectivity index is 1.40. The van der Waals surface area contributed by atoms with E-state index in [1.807, 2.05) is 13.0 Å². The van der Waals surface area contributed by atoms with E-state index >= 15 is 0 Å². The second-order valence-corrected chi connectivity index (χ2v) is 8.93. The minimum atomic E-state index is -0.497. The molecule has 0 spiro atoms. The van der Waals surface area contributed by atoms with Crippen molar-refractivity contribution in [3.05, 3.63) is 69.7 Å². The highest BCUT2D eigenvalue weighted by molar-refractivity contribution is 5.80. The summed E-state index contributed by atoms with van der Waals surface area (Å²) in [6.07, 6.45) is 9.65. The average Bonchev–Trinajstić information content (AvgIpc) is 3.60. The van der Waals surface area contributed by atoms with Gasteiger partial charge in [-0.2, -0.15) is 10.4 Å². The molecule has 10 nitrogen and oxygen atoms in total. The van der Waals surface area contributed by atoms with Gasteiger partial charge in [-0.05, 0) is 32.6 Å². The quantitative estimate of drug-likeness (QED) is 0.483. The minimum absolute atomic E-state index is 0.0182. The lowest BCUT2D eigenvalue weighted by Crippen LogP contribution is -2.28. The summed E-state index contributed by atoms with van der Waals surface area (Å²) >= 11 is 0. The fraction of sp³-hybridized carbons (Fsp3) is 0.391. The zero-order chi connectivity index (χ0) is 23.4. The SMILES string of the molecule is C[C@@H](c1cnc(C2CC2)nc1)n1nc(C#N)c2c(=O)[nH]c([C@H]3CC[C@@H]3c3ncc(F)cn3)nc21. The molecule has 0 amide bonds. The Hall–Kier alpha value is -4.07. The zero-order valence-corrected chi connectivity index (χ0v) is 18.3. The third-order valence-electron chi connectivity index (χ3n) is 6.77. The highest BCUT2D eigenvalue weighted by Crippen LogP contribution is 2.46. The van der Waals surface area contributed by atoms with Crippen molar-refractivity contribution < 1.29 is 4.39 Å². The van der Waals surface area contributed by atoms with Crippen LogP contribution in [0.15, 0.2) is 29.6 Å². The third kappa shape index (κ3) is 3.34. The van der Waals surface area contributed by atoms with Crippen molar-refractivity contribution in [1.82, 2.24) is 39.7 Å². The molecular formula is C23H20FN9O. The molecule has 0 saturated heterocycles. The Labute approximate surface area is 193 Å². The van der Waals surface area contributed by atoms with E-state index in [-0.39, 0.29) is 29.0 Å². The number of rotatable bonds is 5. The molecule has 11 heteroatoms. The van der Waals surface area contributed by atoms with Gasteiger partial charge in [-0.3, -0.25) is 4.79 Å². The van der Waals surface area contributed by atoms with Crippen LogP contribution in [0.3, 0.4) is 0 Å². The number of halogens is 1. The molecule has 4 aromatic heterocycles. The monoisotopic (exact) mass is 457 g/mol. The molecule has 4 heterocycles. The number of aromatic amines is 1. The summed E-state index contributed by atoms with van der Waals surface area (Å²) in [6, 6.07) is 1.67. The summed E-state index contributed by atoms with van der Waals surface area (Å²) in [7, 11) is 0. The van der Waals surface area contributed by atoms with Gasteiger partial charge in [0.2, 0.25) is 0 Å². The first kappa shape index (κ1) is 20.5. The first-order valence-electron chi connectivity index (χ1n) is 11.2. The molecule has 0 aromatic carbocycles. The van der Waals surface area contributed by atoms with Crippen molar-refractivity contribution in [1.29, 1.82) is 5.26 Å². The Kier molecular flexibility index (Phi) is 4.69. The van der Waals surface area contributed by atoms with Crippen molar-refractivity contribution in [3.63, 3.8) is 0 Å². The summed E-state index contributed by atoms with van der Waals surface area (Å²) in [5, 5.41) is 14.2. The second-order valence-electron chi connectivity index (χ2n) is 8.93. The fourth-order valence-electron chi connectivity index (χ4n) is 4.49. The first-order chi connectivity index (χ1) is 16.5. The van der Waals surface area contributed by atoms with Crippen molar-refractivity contribution in [2.75, 3.05) is 0 Å². The molecule has 4 aromatic rings. The van der Waals surface area contributed by atoms with E-state index in [0.29, 0.717) is 23.2 Å². The van der Waals surface area contributed by atoms with Crippen LogP contribution in [0.4, 0.5) is 4.39 Å². The minimum Gasteiger partial charge on any atom is -0.310 e. The molecule has 2 aliphatic carbocycles. The van der Waals surface area contributed by atoms with Crippen LogP contribution in [0.1, 0.15) is 85.1 Å². The maximum Gasteiger partial charge on any atom is 0.263 e. The summed E-state index contributed by atoms with van der Waals surface area (Å²) in [4.78, 5) is 37.8. The van der Waals surface area contributed by atoms with Gasteiger partial charge in [0.05, 0.1) is 18.4 Å². The number of nitriles is 1. The Morgan fingerprint density at radius 2 is 1.74 bits per heavy atom. The molecule has 0 radical (unpaired) electrons. The second kappa shape index (κ2) is 7.76. The fourth-order valence-corrected chi connectivity index (χ4v) is 4.49. The number of hydrogen-bond acceptors (Lipinski definition) is 8. The van der Waals surface area contributed by atoms with Crippen LogP contribution in [-0.4, -0.2) is 39.7 Å². The van der Waals surface area contributed by atoms with Gasteiger partial charge >= 0.3 is 0 Å². The van der Waals surface area contributed by atoms with Crippen molar-refractivity contribution in [3.8, 4) is 6.07 Å². The maximum atomic E-state index is 13.3. The van der Waals surface area contributed by atoms with E-state index in [9.17, 15) is 14.4 Å².